The Morgan fingerprint density at radius 3 is 2.63 bits per heavy atom. The molecule has 1 aliphatic carbocycles. The largest absolute Gasteiger partial charge is 0.481 e. The molecule has 3 rings (SSSR count). The Balaban J connectivity index is 1.66. The number of hydrogen-bond donors (Lipinski definition) is 1. The van der Waals surface area contributed by atoms with Gasteiger partial charge in [0.15, 0.2) is 5.78 Å². The van der Waals surface area contributed by atoms with Crippen LogP contribution in [0.25, 0.3) is 0 Å². The highest BCUT2D eigenvalue weighted by molar-refractivity contribution is 6.15. The maximum absolute atomic E-state index is 13.0. The zero-order valence-corrected chi connectivity index (χ0v) is 17.1. The summed E-state index contributed by atoms with van der Waals surface area (Å²) in [4.78, 5) is 41.8. The monoisotopic (exact) mass is 404 g/mol. The highest BCUT2D eigenvalue weighted by Gasteiger charge is 2.42. The number of nitrogens with one attached hydrogen (secondary N) is 1. The van der Waals surface area contributed by atoms with Gasteiger partial charge < -0.3 is 10.1 Å². The van der Waals surface area contributed by atoms with Crippen LogP contribution in [0.5, 0.6) is 5.75 Å². The van der Waals surface area contributed by atoms with Gasteiger partial charge in [0.1, 0.15) is 29.8 Å². The highest BCUT2D eigenvalue weighted by atomic mass is 16.5. The van der Waals surface area contributed by atoms with E-state index >= 15 is 0 Å². The van der Waals surface area contributed by atoms with E-state index in [0.29, 0.717) is 24.4 Å². The first-order valence-corrected chi connectivity index (χ1v) is 9.85. The summed E-state index contributed by atoms with van der Waals surface area (Å²) >= 11 is 0. The van der Waals surface area contributed by atoms with Crippen molar-refractivity contribution >= 4 is 17.5 Å². The van der Waals surface area contributed by atoms with Crippen LogP contribution in [0.1, 0.15) is 45.9 Å². The molecule has 0 spiro atoms. The average Bonchev–Trinajstić information content (AvgIpc) is 3.00. The van der Waals surface area contributed by atoms with E-state index < -0.39 is 11.8 Å². The predicted molar refractivity (Wildman–Crippen MR) is 112 cm³/mol. The Morgan fingerprint density at radius 2 is 2.00 bits per heavy atom. The number of benzene rings is 1. The molecule has 0 radical (unpaired) electrons. The Morgan fingerprint density at radius 1 is 1.27 bits per heavy atom. The molecule has 1 aliphatic rings. The Kier molecular flexibility index (Phi) is 6.63. The van der Waals surface area contributed by atoms with E-state index in [1.807, 2.05) is 13.8 Å². The third-order valence-electron chi connectivity index (χ3n) is 5.31. The van der Waals surface area contributed by atoms with Crippen molar-refractivity contribution in [1.29, 1.82) is 0 Å². The van der Waals surface area contributed by atoms with E-state index in [1.165, 1.54) is 0 Å². The predicted octanol–water partition coefficient (Wildman–Crippen LogP) is 2.77. The van der Waals surface area contributed by atoms with Crippen molar-refractivity contribution in [3.8, 4) is 18.1 Å². The fourth-order valence-electron chi connectivity index (χ4n) is 3.95. The number of hydrogen-bond acceptors (Lipinski definition) is 5. The van der Waals surface area contributed by atoms with Gasteiger partial charge >= 0.3 is 0 Å². The van der Waals surface area contributed by atoms with Crippen LogP contribution in [0.15, 0.2) is 36.5 Å². The second-order valence-corrected chi connectivity index (χ2v) is 7.43. The number of aryl methyl sites for hydroxylation is 2. The van der Waals surface area contributed by atoms with E-state index in [1.54, 1.807) is 36.5 Å². The number of carbonyl (C=O) groups is 3. The van der Waals surface area contributed by atoms with Crippen LogP contribution in [-0.4, -0.2) is 35.6 Å². The van der Waals surface area contributed by atoms with Crippen LogP contribution in [0.3, 0.4) is 0 Å². The van der Waals surface area contributed by atoms with E-state index in [4.69, 9.17) is 11.2 Å². The zero-order valence-electron chi connectivity index (χ0n) is 17.1. The lowest BCUT2D eigenvalue weighted by Gasteiger charge is -2.17. The molecule has 1 N–H and O–H groups in total. The van der Waals surface area contributed by atoms with E-state index in [-0.39, 0.29) is 30.5 Å². The molecular formula is C24H24N2O4. The summed E-state index contributed by atoms with van der Waals surface area (Å²) in [5.41, 5.74) is 2.73. The lowest BCUT2D eigenvalue weighted by molar-refractivity contribution is -0.124. The van der Waals surface area contributed by atoms with Gasteiger partial charge in [-0.05, 0) is 61.2 Å². The molecule has 1 aromatic heterocycles. The van der Waals surface area contributed by atoms with Gasteiger partial charge in [-0.15, -0.1) is 6.42 Å². The molecule has 30 heavy (non-hydrogen) atoms. The smallest absolute Gasteiger partial charge is 0.269 e. The van der Waals surface area contributed by atoms with Crippen LogP contribution >= 0.6 is 0 Å². The molecule has 1 amide bonds. The molecule has 0 bridgehead atoms. The highest BCUT2D eigenvalue weighted by Crippen LogP contribution is 2.38. The number of pyridine rings is 1. The number of carbonyl (C=O) groups excluding carboxylic acids is 3. The minimum Gasteiger partial charge on any atom is -0.481 e. The quantitative estimate of drug-likeness (QED) is 0.567. The van der Waals surface area contributed by atoms with Gasteiger partial charge in [-0.1, -0.05) is 12.0 Å². The molecule has 6 nitrogen and oxygen atoms in total. The second kappa shape index (κ2) is 9.36. The fourth-order valence-corrected chi connectivity index (χ4v) is 3.95. The molecule has 1 heterocycles. The first-order chi connectivity index (χ1) is 14.4. The number of Topliss-reactive ketones (excluding diaryl/α,β-unsaturated/α-hetero) is 2. The van der Waals surface area contributed by atoms with E-state index in [2.05, 4.69) is 16.2 Å². The number of amides is 1. The van der Waals surface area contributed by atoms with Crippen molar-refractivity contribution in [1.82, 2.24) is 10.3 Å². The van der Waals surface area contributed by atoms with Crippen molar-refractivity contribution < 1.29 is 19.1 Å². The average molecular weight is 404 g/mol. The Bertz CT molecular complexity index is 985. The first kappa shape index (κ1) is 21.3. The molecular weight excluding hydrogens is 380 g/mol. The zero-order chi connectivity index (χ0) is 21.7. The van der Waals surface area contributed by atoms with Crippen molar-refractivity contribution in [3.05, 3.63) is 58.9 Å². The third-order valence-corrected chi connectivity index (χ3v) is 5.31. The number of ether oxygens (including phenoxy) is 1. The normalized spacial score (nSPS) is 18.2. The van der Waals surface area contributed by atoms with Gasteiger partial charge in [-0.2, -0.15) is 0 Å². The van der Waals surface area contributed by atoms with E-state index in [0.717, 1.165) is 16.7 Å². The maximum Gasteiger partial charge on any atom is 0.269 e. The third kappa shape index (κ3) is 4.57. The topological polar surface area (TPSA) is 85.4 Å². The Hall–Kier alpha value is -3.46. The molecule has 2 unspecified atom stereocenters. The van der Waals surface area contributed by atoms with Crippen molar-refractivity contribution in [2.75, 3.05) is 13.2 Å². The van der Waals surface area contributed by atoms with Gasteiger partial charge in [-0.25, -0.2) is 0 Å². The molecule has 2 atom stereocenters. The molecule has 154 valence electrons. The summed E-state index contributed by atoms with van der Waals surface area (Å²) in [7, 11) is 0. The van der Waals surface area contributed by atoms with Crippen LogP contribution < -0.4 is 10.1 Å². The van der Waals surface area contributed by atoms with Crippen molar-refractivity contribution in [2.24, 2.45) is 5.92 Å². The van der Waals surface area contributed by atoms with Gasteiger partial charge in [-0.3, -0.25) is 19.4 Å². The van der Waals surface area contributed by atoms with Gasteiger partial charge in [0, 0.05) is 25.1 Å². The summed E-state index contributed by atoms with van der Waals surface area (Å²) in [6.07, 6.45) is 7.39. The van der Waals surface area contributed by atoms with Gasteiger partial charge in [0.05, 0.1) is 0 Å². The summed E-state index contributed by atoms with van der Waals surface area (Å²) in [6, 6.07) is 8.70. The van der Waals surface area contributed by atoms with E-state index in [9.17, 15) is 14.4 Å². The molecule has 1 aromatic carbocycles. The van der Waals surface area contributed by atoms with Gasteiger partial charge in [0.2, 0.25) is 0 Å². The lowest BCUT2D eigenvalue weighted by Crippen LogP contribution is -2.27. The molecule has 0 aliphatic heterocycles. The van der Waals surface area contributed by atoms with Crippen LogP contribution in [0.4, 0.5) is 0 Å². The summed E-state index contributed by atoms with van der Waals surface area (Å²) in [5.74, 6) is 1.42. The first-order valence-electron chi connectivity index (χ1n) is 9.85. The molecule has 1 saturated carbocycles. The maximum atomic E-state index is 13.0. The second-order valence-electron chi connectivity index (χ2n) is 7.43. The Labute approximate surface area is 176 Å². The summed E-state index contributed by atoms with van der Waals surface area (Å²) in [5, 5.41) is 2.77. The van der Waals surface area contributed by atoms with Crippen LogP contribution in [0.2, 0.25) is 0 Å². The number of rotatable bonds is 7. The standard InChI is InChI=1S/C24H24N2O4/c1-4-11-30-18-12-15(2)21(16(3)13-18)22-20(27)14-17(23(22)28)8-10-26-24(29)19-7-5-6-9-25-19/h1,5-7,9,12-13,17,22H,8,10-11,14H2,2-3H3,(H,26,29). The SMILES string of the molecule is C#CCOc1cc(C)c(C2C(=O)CC(CCNC(=O)c3ccccn3)C2=O)c(C)c1. The van der Waals surface area contributed by atoms with Crippen molar-refractivity contribution in [3.63, 3.8) is 0 Å². The minimum atomic E-state index is -0.761. The minimum absolute atomic E-state index is 0.0791. The molecule has 6 heteroatoms. The molecule has 2 aromatic rings. The van der Waals surface area contributed by atoms with Crippen LogP contribution in [0, 0.1) is 32.1 Å². The van der Waals surface area contributed by atoms with Crippen LogP contribution in [-0.2, 0) is 9.59 Å². The number of ketones is 2. The number of nitrogens with zero attached hydrogens (tertiary/aromatic N) is 1. The van der Waals surface area contributed by atoms with Gasteiger partial charge in [0.25, 0.3) is 5.91 Å². The number of aromatic nitrogens is 1. The summed E-state index contributed by atoms with van der Waals surface area (Å²) in [6.45, 7) is 4.20. The summed E-state index contributed by atoms with van der Waals surface area (Å²) < 4.78 is 5.47. The molecule has 1 fully saturated rings. The fraction of sp³-hybridized carbons (Fsp3) is 0.333. The lowest BCUT2D eigenvalue weighted by atomic mass is 9.87. The molecule has 0 saturated heterocycles. The number of terminal acetylenes is 1. The van der Waals surface area contributed by atoms with Crippen molar-refractivity contribution in [2.45, 2.75) is 32.6 Å².